The van der Waals surface area contributed by atoms with Gasteiger partial charge in [0.25, 0.3) is 11.1 Å². The second-order valence-electron chi connectivity index (χ2n) is 4.95. The van der Waals surface area contributed by atoms with Gasteiger partial charge in [0.05, 0.1) is 28.9 Å². The highest BCUT2D eigenvalue weighted by Gasteiger charge is 2.19. The van der Waals surface area contributed by atoms with Crippen molar-refractivity contribution in [1.82, 2.24) is 9.36 Å². The first-order chi connectivity index (χ1) is 9.00. The molecule has 2 heterocycles. The number of hydrogen-bond acceptors (Lipinski definition) is 2. The quantitative estimate of drug-likeness (QED) is 0.692. The number of nitrogens with zero attached hydrogens (tertiary/aromatic N) is 2. The van der Waals surface area contributed by atoms with Gasteiger partial charge in [0.1, 0.15) is 0 Å². The number of benzene rings is 1. The van der Waals surface area contributed by atoms with Gasteiger partial charge in [0.15, 0.2) is 0 Å². The second-order valence-corrected chi connectivity index (χ2v) is 5.36. The van der Waals surface area contributed by atoms with Crippen LogP contribution in [0.4, 0.5) is 0 Å². The van der Waals surface area contributed by atoms with Crippen LogP contribution >= 0.6 is 11.6 Å². The summed E-state index contributed by atoms with van der Waals surface area (Å²) in [6, 6.07) is 4.98. The maximum absolute atomic E-state index is 12.5. The number of fused-ring (bicyclic) bond motifs is 2. The number of halogens is 1. The predicted molar refractivity (Wildman–Crippen MR) is 75.9 cm³/mol. The number of allylic oxidation sites excluding steroid dienone is 2. The highest BCUT2D eigenvalue weighted by Crippen LogP contribution is 2.19. The van der Waals surface area contributed by atoms with E-state index in [1.165, 1.54) is 9.36 Å². The molecule has 1 aliphatic rings. The Hall–Kier alpha value is -1.81. The summed E-state index contributed by atoms with van der Waals surface area (Å²) in [6.07, 6.45) is 0. The Kier molecular flexibility index (Phi) is 2.64. The van der Waals surface area contributed by atoms with E-state index in [9.17, 15) is 9.59 Å². The fourth-order valence-electron chi connectivity index (χ4n) is 2.44. The van der Waals surface area contributed by atoms with Crippen LogP contribution in [0.15, 0.2) is 38.9 Å². The van der Waals surface area contributed by atoms with Gasteiger partial charge in [-0.1, -0.05) is 28.8 Å². The third-order valence-corrected chi connectivity index (χ3v) is 4.04. The van der Waals surface area contributed by atoms with Gasteiger partial charge in [0.2, 0.25) is 0 Å². The molecule has 1 aromatic carbocycles. The van der Waals surface area contributed by atoms with Crippen LogP contribution in [0.2, 0.25) is 5.02 Å². The Labute approximate surface area is 114 Å². The minimum Gasteiger partial charge on any atom is -0.267 e. The van der Waals surface area contributed by atoms with Gasteiger partial charge in [0, 0.05) is 0 Å². The van der Waals surface area contributed by atoms with Gasteiger partial charge in [-0.2, -0.15) is 0 Å². The van der Waals surface area contributed by atoms with Crippen molar-refractivity contribution in [3.05, 3.63) is 55.1 Å². The van der Waals surface area contributed by atoms with E-state index in [0.717, 1.165) is 11.1 Å². The summed E-state index contributed by atoms with van der Waals surface area (Å²) in [6.45, 7) is 4.87. The molecule has 2 aromatic rings. The zero-order chi connectivity index (χ0) is 13.7. The molecule has 4 nitrogen and oxygen atoms in total. The van der Waals surface area contributed by atoms with Crippen LogP contribution < -0.4 is 11.1 Å². The average molecular weight is 277 g/mol. The van der Waals surface area contributed by atoms with E-state index in [0.29, 0.717) is 28.9 Å². The Morgan fingerprint density at radius 3 is 2.21 bits per heavy atom. The third kappa shape index (κ3) is 1.67. The largest absolute Gasteiger partial charge is 0.275 e. The summed E-state index contributed by atoms with van der Waals surface area (Å²) in [5.74, 6) is 0. The number of rotatable bonds is 0. The van der Waals surface area contributed by atoms with E-state index in [4.69, 9.17) is 11.6 Å². The molecule has 0 saturated carbocycles. The minimum atomic E-state index is -0.202. The van der Waals surface area contributed by atoms with Crippen LogP contribution in [0.5, 0.6) is 0 Å². The lowest BCUT2D eigenvalue weighted by atomic mass is 10.1. The van der Waals surface area contributed by atoms with Gasteiger partial charge >= 0.3 is 0 Å². The Bertz CT molecular complexity index is 843. The van der Waals surface area contributed by atoms with E-state index < -0.39 is 0 Å². The number of aromatic nitrogens is 2. The summed E-state index contributed by atoms with van der Waals surface area (Å²) in [4.78, 5) is 24.9. The zero-order valence-corrected chi connectivity index (χ0v) is 11.5. The summed E-state index contributed by atoms with van der Waals surface area (Å²) in [7, 11) is 0. The molecular formula is C14H13ClN2O2. The van der Waals surface area contributed by atoms with Crippen molar-refractivity contribution in [2.75, 3.05) is 0 Å². The first-order valence-corrected chi connectivity index (χ1v) is 6.46. The van der Waals surface area contributed by atoms with Crippen molar-refractivity contribution >= 4 is 22.4 Å². The molecular weight excluding hydrogens is 264 g/mol. The molecule has 0 unspecified atom stereocenters. The lowest BCUT2D eigenvalue weighted by Crippen LogP contribution is -2.41. The van der Waals surface area contributed by atoms with Crippen LogP contribution in [-0.4, -0.2) is 9.36 Å². The molecule has 0 N–H and O–H groups in total. The van der Waals surface area contributed by atoms with Gasteiger partial charge in [-0.25, -0.2) is 9.36 Å². The zero-order valence-electron chi connectivity index (χ0n) is 10.7. The summed E-state index contributed by atoms with van der Waals surface area (Å²) in [5.41, 5.74) is 1.88. The first-order valence-electron chi connectivity index (χ1n) is 6.08. The topological polar surface area (TPSA) is 44.0 Å². The van der Waals surface area contributed by atoms with E-state index in [1.807, 2.05) is 13.8 Å². The molecule has 0 saturated heterocycles. The molecule has 1 aliphatic heterocycles. The molecule has 5 heteroatoms. The fourth-order valence-corrected chi connectivity index (χ4v) is 2.70. The van der Waals surface area contributed by atoms with Crippen molar-refractivity contribution < 1.29 is 0 Å². The van der Waals surface area contributed by atoms with Crippen LogP contribution in [0, 0.1) is 0 Å². The predicted octanol–water partition coefficient (Wildman–Crippen LogP) is 2.17. The van der Waals surface area contributed by atoms with Crippen LogP contribution in [0.3, 0.4) is 0 Å². The van der Waals surface area contributed by atoms with Crippen molar-refractivity contribution in [2.45, 2.75) is 26.9 Å². The van der Waals surface area contributed by atoms with E-state index in [-0.39, 0.29) is 11.1 Å². The van der Waals surface area contributed by atoms with Crippen molar-refractivity contribution in [3.63, 3.8) is 0 Å². The Balaban J connectivity index is 2.50. The van der Waals surface area contributed by atoms with Crippen molar-refractivity contribution in [1.29, 1.82) is 0 Å². The van der Waals surface area contributed by atoms with Gasteiger partial charge in [-0.3, -0.25) is 9.59 Å². The molecule has 0 aliphatic carbocycles. The molecule has 0 amide bonds. The first kappa shape index (κ1) is 12.2. The average Bonchev–Trinajstić information content (AvgIpc) is 2.38. The molecule has 3 rings (SSSR count). The molecule has 0 atom stereocenters. The minimum absolute atomic E-state index is 0.163. The van der Waals surface area contributed by atoms with Gasteiger partial charge in [-0.05, 0) is 26.0 Å². The SMILES string of the molecule is CC1=C(C)Cn2c(=O)c3c(Cl)cccc3c(=O)n2C1. The molecule has 1 aromatic heterocycles. The van der Waals surface area contributed by atoms with Crippen LogP contribution in [0.1, 0.15) is 13.8 Å². The summed E-state index contributed by atoms with van der Waals surface area (Å²) < 4.78 is 2.99. The fraction of sp³-hybridized carbons (Fsp3) is 0.286. The molecule has 0 spiro atoms. The van der Waals surface area contributed by atoms with Crippen LogP contribution in [-0.2, 0) is 13.1 Å². The van der Waals surface area contributed by atoms with Gasteiger partial charge in [-0.15, -0.1) is 0 Å². The Morgan fingerprint density at radius 1 is 1.00 bits per heavy atom. The summed E-state index contributed by atoms with van der Waals surface area (Å²) in [5, 5.41) is 1.04. The normalized spacial score (nSPS) is 14.9. The highest BCUT2D eigenvalue weighted by atomic mass is 35.5. The maximum atomic E-state index is 12.5. The van der Waals surface area contributed by atoms with Crippen molar-refractivity contribution in [2.24, 2.45) is 0 Å². The molecule has 0 radical (unpaired) electrons. The highest BCUT2D eigenvalue weighted by molar-refractivity contribution is 6.35. The van der Waals surface area contributed by atoms with E-state index >= 15 is 0 Å². The number of hydrogen-bond donors (Lipinski definition) is 0. The summed E-state index contributed by atoms with van der Waals surface area (Å²) >= 11 is 6.07. The molecule has 0 fully saturated rings. The smallest absolute Gasteiger partial charge is 0.267 e. The standard InChI is InChI=1S/C14H13ClN2O2/c1-8-6-16-13(18)10-4-3-5-11(15)12(10)14(19)17(16)7-9(8)2/h3-5H,6-7H2,1-2H3. The van der Waals surface area contributed by atoms with Crippen LogP contribution in [0.25, 0.3) is 10.8 Å². The second kappa shape index (κ2) is 4.10. The van der Waals surface area contributed by atoms with E-state index in [1.54, 1.807) is 18.2 Å². The lowest BCUT2D eigenvalue weighted by molar-refractivity contribution is 0.437. The lowest BCUT2D eigenvalue weighted by Gasteiger charge is -2.23. The molecule has 0 bridgehead atoms. The monoisotopic (exact) mass is 276 g/mol. The third-order valence-electron chi connectivity index (χ3n) is 3.72. The molecule has 98 valence electrons. The van der Waals surface area contributed by atoms with Gasteiger partial charge < -0.3 is 0 Å². The van der Waals surface area contributed by atoms with E-state index in [2.05, 4.69) is 0 Å². The Morgan fingerprint density at radius 2 is 1.58 bits per heavy atom. The maximum Gasteiger partial charge on any atom is 0.275 e. The van der Waals surface area contributed by atoms with Crippen molar-refractivity contribution in [3.8, 4) is 0 Å². The molecule has 19 heavy (non-hydrogen) atoms.